The summed E-state index contributed by atoms with van der Waals surface area (Å²) in [5.74, 6) is 2.32. The fraction of sp³-hybridized carbons (Fsp3) is 0.318. The van der Waals surface area contributed by atoms with Crippen molar-refractivity contribution in [1.82, 2.24) is 19.2 Å². The normalized spacial score (nSPS) is 11.9. The summed E-state index contributed by atoms with van der Waals surface area (Å²) in [5.41, 5.74) is 2.76. The molecule has 144 valence electrons. The van der Waals surface area contributed by atoms with Gasteiger partial charge in [-0.15, -0.1) is 10.2 Å². The predicted octanol–water partition coefficient (Wildman–Crippen LogP) is 4.90. The Labute approximate surface area is 168 Å². The SMILES string of the molecule is CC(C)CSc1nnc2n(-c3ccccc3C(C)C)c(=O)c3ccccc3n12. The molecule has 2 aromatic carbocycles. The minimum absolute atomic E-state index is 0.0657. The number of hydrogen-bond donors (Lipinski definition) is 0. The Balaban J connectivity index is 2.10. The van der Waals surface area contributed by atoms with Crippen molar-refractivity contribution in [2.24, 2.45) is 5.92 Å². The molecule has 4 aromatic rings. The summed E-state index contributed by atoms with van der Waals surface area (Å²) in [6.45, 7) is 8.64. The van der Waals surface area contributed by atoms with E-state index in [0.717, 1.165) is 27.7 Å². The molecular formula is C22H24N4OS. The zero-order valence-corrected chi connectivity index (χ0v) is 17.4. The van der Waals surface area contributed by atoms with Gasteiger partial charge in [-0.25, -0.2) is 4.57 Å². The van der Waals surface area contributed by atoms with Gasteiger partial charge in [-0.1, -0.05) is 69.8 Å². The van der Waals surface area contributed by atoms with Gasteiger partial charge in [-0.2, -0.15) is 0 Å². The molecule has 0 amide bonds. The van der Waals surface area contributed by atoms with Crippen LogP contribution in [0.2, 0.25) is 0 Å². The number of nitrogens with zero attached hydrogens (tertiary/aromatic N) is 4. The molecule has 0 aliphatic heterocycles. The molecule has 0 aliphatic carbocycles. The van der Waals surface area contributed by atoms with Gasteiger partial charge in [0.15, 0.2) is 5.16 Å². The number of fused-ring (bicyclic) bond motifs is 3. The van der Waals surface area contributed by atoms with E-state index in [-0.39, 0.29) is 11.5 Å². The van der Waals surface area contributed by atoms with Gasteiger partial charge in [-0.05, 0) is 35.6 Å². The van der Waals surface area contributed by atoms with Crippen LogP contribution in [0.3, 0.4) is 0 Å². The van der Waals surface area contributed by atoms with Gasteiger partial charge in [0.2, 0.25) is 5.78 Å². The van der Waals surface area contributed by atoms with E-state index in [1.165, 1.54) is 0 Å². The lowest BCUT2D eigenvalue weighted by Crippen LogP contribution is -2.23. The maximum atomic E-state index is 13.5. The Bertz CT molecular complexity index is 1210. The first kappa shape index (κ1) is 18.7. The monoisotopic (exact) mass is 392 g/mol. The second-order valence-corrected chi connectivity index (χ2v) is 8.68. The first-order chi connectivity index (χ1) is 13.5. The molecule has 28 heavy (non-hydrogen) atoms. The molecule has 0 N–H and O–H groups in total. The minimum Gasteiger partial charge on any atom is -0.268 e. The zero-order valence-electron chi connectivity index (χ0n) is 16.6. The number of rotatable bonds is 5. The van der Waals surface area contributed by atoms with Crippen molar-refractivity contribution in [1.29, 1.82) is 0 Å². The molecule has 0 saturated carbocycles. The van der Waals surface area contributed by atoms with Crippen molar-refractivity contribution >= 4 is 28.4 Å². The third-order valence-corrected chi connectivity index (χ3v) is 6.10. The molecule has 0 aliphatic rings. The number of aromatic nitrogens is 4. The van der Waals surface area contributed by atoms with E-state index in [1.54, 1.807) is 16.3 Å². The highest BCUT2D eigenvalue weighted by Gasteiger charge is 2.20. The van der Waals surface area contributed by atoms with Gasteiger partial charge in [0, 0.05) is 5.75 Å². The van der Waals surface area contributed by atoms with E-state index < -0.39 is 0 Å². The molecular weight excluding hydrogens is 368 g/mol. The van der Waals surface area contributed by atoms with E-state index in [1.807, 2.05) is 46.9 Å². The largest absolute Gasteiger partial charge is 0.268 e. The van der Waals surface area contributed by atoms with Crippen molar-refractivity contribution in [3.63, 3.8) is 0 Å². The van der Waals surface area contributed by atoms with Gasteiger partial charge in [-0.3, -0.25) is 9.20 Å². The lowest BCUT2D eigenvalue weighted by atomic mass is 10.0. The van der Waals surface area contributed by atoms with Crippen molar-refractivity contribution < 1.29 is 0 Å². The molecule has 0 unspecified atom stereocenters. The molecule has 0 spiro atoms. The van der Waals surface area contributed by atoms with Gasteiger partial charge in [0.05, 0.1) is 16.6 Å². The highest BCUT2D eigenvalue weighted by molar-refractivity contribution is 7.99. The number of hydrogen-bond acceptors (Lipinski definition) is 4. The van der Waals surface area contributed by atoms with E-state index in [9.17, 15) is 4.79 Å². The Hall–Kier alpha value is -2.60. The fourth-order valence-electron chi connectivity index (χ4n) is 3.41. The molecule has 0 saturated heterocycles. The summed E-state index contributed by atoms with van der Waals surface area (Å²) in [6, 6.07) is 15.7. The van der Waals surface area contributed by atoms with Gasteiger partial charge < -0.3 is 0 Å². The van der Waals surface area contributed by atoms with Crippen LogP contribution < -0.4 is 5.56 Å². The summed E-state index contributed by atoms with van der Waals surface area (Å²) >= 11 is 1.67. The molecule has 0 bridgehead atoms. The van der Waals surface area contributed by atoms with Crippen molar-refractivity contribution in [3.05, 3.63) is 64.4 Å². The standard InChI is InChI=1S/C22H24N4OS/c1-14(2)13-28-22-24-23-21-25(18-11-7-5-9-16(18)15(3)4)20(27)17-10-6-8-12-19(17)26(21)22/h5-12,14-15H,13H2,1-4H3. The second-order valence-electron chi connectivity index (χ2n) is 7.69. The van der Waals surface area contributed by atoms with Crippen LogP contribution in [0.5, 0.6) is 0 Å². The first-order valence-electron chi connectivity index (χ1n) is 9.60. The Morgan fingerprint density at radius 1 is 0.964 bits per heavy atom. The molecule has 0 fully saturated rings. The first-order valence-corrected chi connectivity index (χ1v) is 10.6. The van der Waals surface area contributed by atoms with Crippen LogP contribution >= 0.6 is 11.8 Å². The summed E-state index contributed by atoms with van der Waals surface area (Å²) in [6.07, 6.45) is 0. The molecule has 2 heterocycles. The summed E-state index contributed by atoms with van der Waals surface area (Å²) in [7, 11) is 0. The van der Waals surface area contributed by atoms with Crippen LogP contribution in [0.15, 0.2) is 58.5 Å². The maximum Gasteiger partial charge on any atom is 0.267 e. The lowest BCUT2D eigenvalue weighted by molar-refractivity contribution is 0.747. The minimum atomic E-state index is -0.0657. The van der Waals surface area contributed by atoms with Crippen molar-refractivity contribution in [2.75, 3.05) is 5.75 Å². The van der Waals surface area contributed by atoms with E-state index in [2.05, 4.69) is 44.0 Å². The molecule has 2 aromatic heterocycles. The Morgan fingerprint density at radius 3 is 2.43 bits per heavy atom. The van der Waals surface area contributed by atoms with Crippen molar-refractivity contribution in [3.8, 4) is 5.69 Å². The second kappa shape index (κ2) is 7.43. The van der Waals surface area contributed by atoms with Gasteiger partial charge in [0.25, 0.3) is 5.56 Å². The predicted molar refractivity (Wildman–Crippen MR) is 116 cm³/mol. The number of para-hydroxylation sites is 2. The molecule has 0 radical (unpaired) electrons. The zero-order chi connectivity index (χ0) is 19.8. The average Bonchev–Trinajstić information content (AvgIpc) is 3.10. The molecule has 4 rings (SSSR count). The van der Waals surface area contributed by atoms with Crippen LogP contribution in [-0.4, -0.2) is 24.9 Å². The van der Waals surface area contributed by atoms with Gasteiger partial charge in [0.1, 0.15) is 0 Å². The summed E-state index contributed by atoms with van der Waals surface area (Å²) in [4.78, 5) is 13.5. The molecule has 6 heteroatoms. The topological polar surface area (TPSA) is 52.2 Å². The van der Waals surface area contributed by atoms with Crippen LogP contribution in [0, 0.1) is 5.92 Å². The van der Waals surface area contributed by atoms with Crippen molar-refractivity contribution in [2.45, 2.75) is 38.8 Å². The van der Waals surface area contributed by atoms with Crippen LogP contribution in [0.25, 0.3) is 22.4 Å². The van der Waals surface area contributed by atoms with Crippen LogP contribution in [0.4, 0.5) is 0 Å². The van der Waals surface area contributed by atoms with E-state index >= 15 is 0 Å². The fourth-order valence-corrected chi connectivity index (χ4v) is 4.30. The molecule has 0 atom stereocenters. The third kappa shape index (κ3) is 3.11. The Morgan fingerprint density at radius 2 is 1.68 bits per heavy atom. The third-order valence-electron chi connectivity index (χ3n) is 4.74. The van der Waals surface area contributed by atoms with Gasteiger partial charge >= 0.3 is 0 Å². The van der Waals surface area contributed by atoms with E-state index in [4.69, 9.17) is 0 Å². The molecule has 5 nitrogen and oxygen atoms in total. The highest BCUT2D eigenvalue weighted by Crippen LogP contribution is 2.27. The average molecular weight is 393 g/mol. The van der Waals surface area contributed by atoms with E-state index in [0.29, 0.717) is 17.1 Å². The smallest absolute Gasteiger partial charge is 0.267 e. The quantitative estimate of drug-likeness (QED) is 0.453. The summed E-state index contributed by atoms with van der Waals surface area (Å²) < 4.78 is 3.73. The van der Waals surface area contributed by atoms with Crippen LogP contribution in [-0.2, 0) is 0 Å². The number of benzene rings is 2. The highest BCUT2D eigenvalue weighted by atomic mass is 32.2. The van der Waals surface area contributed by atoms with Crippen LogP contribution in [0.1, 0.15) is 39.2 Å². The summed E-state index contributed by atoms with van der Waals surface area (Å²) in [5, 5.41) is 10.4. The number of thioether (sulfide) groups is 1. The Kier molecular flexibility index (Phi) is 4.98. The lowest BCUT2D eigenvalue weighted by Gasteiger charge is -2.16. The maximum absolute atomic E-state index is 13.5.